The van der Waals surface area contributed by atoms with Crippen LogP contribution in [0.4, 0.5) is 0 Å². The lowest BCUT2D eigenvalue weighted by Crippen LogP contribution is -2.18. The molecule has 7 nitrogen and oxygen atoms in total. The van der Waals surface area contributed by atoms with Crippen LogP contribution in [0.5, 0.6) is 11.5 Å². The molecule has 0 bridgehead atoms. The highest BCUT2D eigenvalue weighted by Crippen LogP contribution is 2.25. The lowest BCUT2D eigenvalue weighted by molar-refractivity contribution is 0.0950. The molecule has 0 aliphatic heterocycles. The van der Waals surface area contributed by atoms with Crippen LogP contribution in [-0.4, -0.2) is 28.5 Å². The summed E-state index contributed by atoms with van der Waals surface area (Å²) in [6.45, 7) is 3.03. The first-order valence-corrected chi connectivity index (χ1v) is 13.7. The summed E-state index contributed by atoms with van der Waals surface area (Å²) in [6.07, 6.45) is 4.41. The highest BCUT2D eigenvalue weighted by molar-refractivity contribution is 6.30. The molecular formula is C33H29ClN4O3. The van der Waals surface area contributed by atoms with Crippen molar-refractivity contribution in [2.45, 2.75) is 20.0 Å². The standard InChI is InChI=1S/C33H29ClN4O3/c1-2-20-40-29-18-14-25(15-19-29)32-26(22-38(37-32)28-8-4-3-5-9-28)21-35-36-33(39)30-10-6-7-11-31(30)41-23-24-12-16-27(34)17-13-24/h3-19,21-22H,2,20,23H2,1H3,(H,36,39)/b35-21+. The van der Waals surface area contributed by atoms with Gasteiger partial charge in [-0.3, -0.25) is 4.79 Å². The van der Waals surface area contributed by atoms with Crippen molar-refractivity contribution in [2.24, 2.45) is 5.10 Å². The summed E-state index contributed by atoms with van der Waals surface area (Å²) in [5.41, 5.74) is 7.22. The van der Waals surface area contributed by atoms with E-state index >= 15 is 0 Å². The van der Waals surface area contributed by atoms with E-state index in [2.05, 4.69) is 17.5 Å². The second-order valence-corrected chi connectivity index (χ2v) is 9.63. The summed E-state index contributed by atoms with van der Waals surface area (Å²) in [4.78, 5) is 13.1. The molecule has 5 rings (SSSR count). The third kappa shape index (κ3) is 7.21. The predicted molar refractivity (Wildman–Crippen MR) is 162 cm³/mol. The highest BCUT2D eigenvalue weighted by atomic mass is 35.5. The minimum absolute atomic E-state index is 0.301. The van der Waals surface area contributed by atoms with Crippen LogP contribution in [0.3, 0.4) is 0 Å². The normalized spacial score (nSPS) is 11.0. The van der Waals surface area contributed by atoms with Crippen LogP contribution in [0.2, 0.25) is 5.02 Å². The van der Waals surface area contributed by atoms with Gasteiger partial charge in [0.1, 0.15) is 23.8 Å². The van der Waals surface area contributed by atoms with E-state index in [-0.39, 0.29) is 5.91 Å². The summed E-state index contributed by atoms with van der Waals surface area (Å²) in [6, 6.07) is 32.0. The van der Waals surface area contributed by atoms with E-state index in [1.807, 2.05) is 79.0 Å². The molecule has 0 aliphatic carbocycles. The van der Waals surface area contributed by atoms with Gasteiger partial charge in [-0.2, -0.15) is 10.2 Å². The summed E-state index contributed by atoms with van der Waals surface area (Å²) in [7, 11) is 0. The number of benzene rings is 4. The number of ether oxygens (including phenoxy) is 2. The minimum Gasteiger partial charge on any atom is -0.494 e. The Balaban J connectivity index is 1.34. The monoisotopic (exact) mass is 564 g/mol. The zero-order valence-electron chi connectivity index (χ0n) is 22.5. The number of para-hydroxylation sites is 2. The molecule has 8 heteroatoms. The largest absolute Gasteiger partial charge is 0.494 e. The average Bonchev–Trinajstić information content (AvgIpc) is 3.44. The lowest BCUT2D eigenvalue weighted by Gasteiger charge is -2.10. The molecule has 1 N–H and O–H groups in total. The Bertz CT molecular complexity index is 1620. The lowest BCUT2D eigenvalue weighted by atomic mass is 10.1. The third-order valence-electron chi connectivity index (χ3n) is 6.17. The number of hydrogen-bond donors (Lipinski definition) is 1. The maximum Gasteiger partial charge on any atom is 0.275 e. The molecule has 0 fully saturated rings. The van der Waals surface area contributed by atoms with Crippen LogP contribution in [-0.2, 0) is 6.61 Å². The molecule has 0 radical (unpaired) electrons. The minimum atomic E-state index is -0.387. The van der Waals surface area contributed by atoms with Gasteiger partial charge in [-0.1, -0.05) is 61.0 Å². The Morgan fingerprint density at radius 2 is 1.66 bits per heavy atom. The van der Waals surface area contributed by atoms with Crippen LogP contribution < -0.4 is 14.9 Å². The van der Waals surface area contributed by atoms with Crippen molar-refractivity contribution >= 4 is 23.7 Å². The van der Waals surface area contributed by atoms with Crippen molar-refractivity contribution < 1.29 is 14.3 Å². The molecule has 0 saturated carbocycles. The van der Waals surface area contributed by atoms with E-state index in [0.29, 0.717) is 29.5 Å². The van der Waals surface area contributed by atoms with Crippen LogP contribution >= 0.6 is 11.6 Å². The van der Waals surface area contributed by atoms with Gasteiger partial charge in [0.05, 0.1) is 24.1 Å². The van der Waals surface area contributed by atoms with Gasteiger partial charge in [0.25, 0.3) is 5.91 Å². The van der Waals surface area contributed by atoms with Gasteiger partial charge in [0.2, 0.25) is 0 Å². The summed E-state index contributed by atoms with van der Waals surface area (Å²) in [5.74, 6) is 0.873. The van der Waals surface area contributed by atoms with Crippen molar-refractivity contribution in [2.75, 3.05) is 6.61 Å². The van der Waals surface area contributed by atoms with E-state index in [0.717, 1.165) is 40.2 Å². The number of hydrazone groups is 1. The van der Waals surface area contributed by atoms with Crippen molar-refractivity contribution in [1.82, 2.24) is 15.2 Å². The predicted octanol–water partition coefficient (Wildman–Crippen LogP) is 7.32. The Hall–Kier alpha value is -4.88. The quantitative estimate of drug-likeness (QED) is 0.135. The molecule has 1 heterocycles. The van der Waals surface area contributed by atoms with Crippen molar-refractivity contribution in [3.8, 4) is 28.4 Å². The Labute approximate surface area is 244 Å². The van der Waals surface area contributed by atoms with Crippen LogP contribution in [0.25, 0.3) is 16.9 Å². The SMILES string of the molecule is CCCOc1ccc(-c2nn(-c3ccccc3)cc2/C=N/NC(=O)c2ccccc2OCc2ccc(Cl)cc2)cc1. The van der Waals surface area contributed by atoms with E-state index in [9.17, 15) is 4.79 Å². The van der Waals surface area contributed by atoms with E-state index in [1.54, 1.807) is 41.2 Å². The zero-order chi connectivity index (χ0) is 28.4. The number of carbonyl (C=O) groups excluding carboxylic acids is 1. The average molecular weight is 565 g/mol. The Kier molecular flexibility index (Phi) is 9.08. The number of halogens is 1. The Morgan fingerprint density at radius 1 is 0.927 bits per heavy atom. The molecule has 1 amide bonds. The smallest absolute Gasteiger partial charge is 0.275 e. The second kappa shape index (κ2) is 13.5. The van der Waals surface area contributed by atoms with Crippen molar-refractivity contribution in [1.29, 1.82) is 0 Å². The molecule has 4 aromatic carbocycles. The molecular weight excluding hydrogens is 536 g/mol. The number of nitrogens with one attached hydrogen (secondary N) is 1. The van der Waals surface area contributed by atoms with Gasteiger partial charge in [0.15, 0.2) is 0 Å². The highest BCUT2D eigenvalue weighted by Gasteiger charge is 2.14. The molecule has 0 atom stereocenters. The first-order chi connectivity index (χ1) is 20.1. The summed E-state index contributed by atoms with van der Waals surface area (Å²) < 4.78 is 13.5. The first-order valence-electron chi connectivity index (χ1n) is 13.3. The van der Waals surface area contributed by atoms with Crippen LogP contribution in [0.1, 0.15) is 34.8 Å². The summed E-state index contributed by atoms with van der Waals surface area (Å²) in [5, 5.41) is 9.73. The number of nitrogens with zero attached hydrogens (tertiary/aromatic N) is 3. The van der Waals surface area contributed by atoms with Gasteiger partial charge in [-0.15, -0.1) is 0 Å². The summed E-state index contributed by atoms with van der Waals surface area (Å²) >= 11 is 5.97. The number of rotatable bonds is 11. The number of amides is 1. The van der Waals surface area contributed by atoms with Gasteiger partial charge in [-0.25, -0.2) is 10.1 Å². The second-order valence-electron chi connectivity index (χ2n) is 9.20. The van der Waals surface area contributed by atoms with Crippen molar-refractivity contribution in [3.05, 3.63) is 131 Å². The number of carbonyl (C=O) groups is 1. The number of hydrogen-bond acceptors (Lipinski definition) is 5. The molecule has 1 aromatic heterocycles. The van der Waals surface area contributed by atoms with Crippen molar-refractivity contribution in [3.63, 3.8) is 0 Å². The van der Waals surface area contributed by atoms with E-state index in [1.165, 1.54) is 0 Å². The fraction of sp³-hybridized carbons (Fsp3) is 0.121. The Morgan fingerprint density at radius 3 is 2.41 bits per heavy atom. The maximum absolute atomic E-state index is 13.1. The van der Waals surface area contributed by atoms with Crippen LogP contribution in [0, 0.1) is 0 Å². The van der Waals surface area contributed by atoms with E-state index in [4.69, 9.17) is 26.2 Å². The first kappa shape index (κ1) is 27.7. The molecule has 5 aromatic rings. The molecule has 41 heavy (non-hydrogen) atoms. The van der Waals surface area contributed by atoms with Gasteiger partial charge in [0, 0.05) is 22.3 Å². The van der Waals surface area contributed by atoms with Gasteiger partial charge >= 0.3 is 0 Å². The number of aromatic nitrogens is 2. The molecule has 0 aliphatic rings. The molecule has 0 unspecified atom stereocenters. The topological polar surface area (TPSA) is 77.7 Å². The maximum atomic E-state index is 13.1. The third-order valence-corrected chi connectivity index (χ3v) is 6.42. The van der Waals surface area contributed by atoms with Gasteiger partial charge in [-0.05, 0) is 72.6 Å². The van der Waals surface area contributed by atoms with Crippen LogP contribution in [0.15, 0.2) is 114 Å². The van der Waals surface area contributed by atoms with Gasteiger partial charge < -0.3 is 9.47 Å². The molecule has 206 valence electrons. The fourth-order valence-electron chi connectivity index (χ4n) is 4.09. The molecule has 0 saturated heterocycles. The van der Waals surface area contributed by atoms with E-state index < -0.39 is 0 Å². The fourth-order valence-corrected chi connectivity index (χ4v) is 4.22. The zero-order valence-corrected chi connectivity index (χ0v) is 23.3. The molecule has 0 spiro atoms.